The number of nitrogens with zero attached hydrogens (tertiary/aromatic N) is 1. The van der Waals surface area contributed by atoms with Crippen LogP contribution in [0, 0.1) is 0 Å². The lowest BCUT2D eigenvalue weighted by Crippen LogP contribution is -2.22. The van der Waals surface area contributed by atoms with E-state index in [9.17, 15) is 9.59 Å². The van der Waals surface area contributed by atoms with Crippen molar-refractivity contribution < 1.29 is 18.7 Å². The van der Waals surface area contributed by atoms with Crippen LogP contribution < -0.4 is 10.1 Å². The molecule has 2 amide bonds. The van der Waals surface area contributed by atoms with Crippen LogP contribution in [-0.4, -0.2) is 37.9 Å². The van der Waals surface area contributed by atoms with Crippen molar-refractivity contribution in [3.63, 3.8) is 0 Å². The Hall–Kier alpha value is -3.02. The molecule has 23 heavy (non-hydrogen) atoms. The van der Waals surface area contributed by atoms with Gasteiger partial charge in [-0.3, -0.25) is 9.59 Å². The number of carbonyl (C=O) groups excluding carboxylic acids is 2. The number of carbonyl (C=O) groups is 2. The molecule has 120 valence electrons. The van der Waals surface area contributed by atoms with Gasteiger partial charge in [0.25, 0.3) is 5.91 Å². The van der Waals surface area contributed by atoms with Crippen molar-refractivity contribution >= 4 is 23.6 Å². The van der Waals surface area contributed by atoms with Gasteiger partial charge in [-0.05, 0) is 36.4 Å². The van der Waals surface area contributed by atoms with E-state index in [-0.39, 0.29) is 11.8 Å². The molecule has 6 heteroatoms. The van der Waals surface area contributed by atoms with Gasteiger partial charge in [0.15, 0.2) is 0 Å². The van der Waals surface area contributed by atoms with Crippen LogP contribution in [0.25, 0.3) is 6.08 Å². The Morgan fingerprint density at radius 1 is 1.26 bits per heavy atom. The maximum Gasteiger partial charge on any atom is 0.253 e. The molecule has 0 saturated heterocycles. The molecule has 0 aliphatic heterocycles. The molecule has 0 aliphatic rings. The second-order valence-electron chi connectivity index (χ2n) is 4.95. The Bertz CT molecular complexity index is 718. The van der Waals surface area contributed by atoms with Crippen molar-refractivity contribution in [2.75, 3.05) is 26.5 Å². The molecule has 0 spiro atoms. The average molecular weight is 314 g/mol. The monoisotopic (exact) mass is 314 g/mol. The molecule has 0 unspecified atom stereocenters. The Labute approximate surface area is 134 Å². The quantitative estimate of drug-likeness (QED) is 0.861. The molecule has 0 bridgehead atoms. The van der Waals surface area contributed by atoms with Crippen molar-refractivity contribution in [2.45, 2.75) is 0 Å². The first-order chi connectivity index (χ1) is 11.0. The molecule has 2 aromatic rings. The van der Waals surface area contributed by atoms with Crippen LogP contribution >= 0.6 is 0 Å². The van der Waals surface area contributed by atoms with Crippen molar-refractivity contribution in [3.05, 3.63) is 54.0 Å². The summed E-state index contributed by atoms with van der Waals surface area (Å²) in [5.41, 5.74) is 0.885. The van der Waals surface area contributed by atoms with Gasteiger partial charge in [0, 0.05) is 25.7 Å². The van der Waals surface area contributed by atoms with Gasteiger partial charge in [-0.25, -0.2) is 0 Å². The van der Waals surface area contributed by atoms with Crippen molar-refractivity contribution in [1.29, 1.82) is 0 Å². The van der Waals surface area contributed by atoms with E-state index in [1.54, 1.807) is 50.5 Å². The van der Waals surface area contributed by atoms with Crippen LogP contribution in [0.3, 0.4) is 0 Å². The number of furan rings is 1. The van der Waals surface area contributed by atoms with Crippen molar-refractivity contribution in [1.82, 2.24) is 4.90 Å². The zero-order chi connectivity index (χ0) is 16.8. The van der Waals surface area contributed by atoms with E-state index >= 15 is 0 Å². The number of ether oxygens (including phenoxy) is 1. The van der Waals surface area contributed by atoms with E-state index in [0.717, 1.165) is 0 Å². The molecule has 0 saturated carbocycles. The summed E-state index contributed by atoms with van der Waals surface area (Å²) in [6, 6.07) is 8.34. The van der Waals surface area contributed by atoms with Gasteiger partial charge < -0.3 is 19.4 Å². The summed E-state index contributed by atoms with van der Waals surface area (Å²) in [4.78, 5) is 25.5. The Morgan fingerprint density at radius 2 is 2.04 bits per heavy atom. The smallest absolute Gasteiger partial charge is 0.253 e. The van der Waals surface area contributed by atoms with E-state index < -0.39 is 0 Å². The maximum atomic E-state index is 12.0. The third-order valence-electron chi connectivity index (χ3n) is 3.05. The standard InChI is InChI=1S/C17H18N2O4/c1-19(2)17(21)12-6-8-15(22-3)14(11-12)18-16(20)9-7-13-5-4-10-23-13/h4-11H,1-3H3,(H,18,20). The number of nitrogens with one attached hydrogen (secondary N) is 1. The zero-order valence-corrected chi connectivity index (χ0v) is 13.2. The minimum absolute atomic E-state index is 0.158. The fourth-order valence-electron chi connectivity index (χ4n) is 1.92. The second kappa shape index (κ2) is 7.31. The molecule has 0 radical (unpaired) electrons. The van der Waals surface area contributed by atoms with Gasteiger partial charge in [0.2, 0.25) is 5.91 Å². The lowest BCUT2D eigenvalue weighted by atomic mass is 10.1. The molecule has 6 nitrogen and oxygen atoms in total. The normalized spacial score (nSPS) is 10.6. The third kappa shape index (κ3) is 4.23. The first kappa shape index (κ1) is 16.4. The SMILES string of the molecule is COc1ccc(C(=O)N(C)C)cc1NC(=O)C=Cc1ccco1. The van der Waals surface area contributed by atoms with Crippen molar-refractivity contribution in [3.8, 4) is 5.75 Å². The molecular formula is C17H18N2O4. The number of amides is 2. The highest BCUT2D eigenvalue weighted by Crippen LogP contribution is 2.26. The van der Waals surface area contributed by atoms with Gasteiger partial charge >= 0.3 is 0 Å². The zero-order valence-electron chi connectivity index (χ0n) is 13.2. The fraction of sp³-hybridized carbons (Fsp3) is 0.176. The molecule has 1 N–H and O–H groups in total. The Balaban J connectivity index is 2.18. The molecule has 1 aromatic heterocycles. The highest BCUT2D eigenvalue weighted by atomic mass is 16.5. The fourth-order valence-corrected chi connectivity index (χ4v) is 1.92. The number of hydrogen-bond donors (Lipinski definition) is 1. The van der Waals surface area contributed by atoms with E-state index in [4.69, 9.17) is 9.15 Å². The largest absolute Gasteiger partial charge is 0.495 e. The first-order valence-corrected chi connectivity index (χ1v) is 6.93. The summed E-state index contributed by atoms with van der Waals surface area (Å²) in [7, 11) is 4.82. The predicted octanol–water partition coefficient (Wildman–Crippen LogP) is 2.64. The van der Waals surface area contributed by atoms with Crippen LogP contribution in [0.1, 0.15) is 16.1 Å². The minimum atomic E-state index is -0.353. The van der Waals surface area contributed by atoms with Crippen molar-refractivity contribution in [2.24, 2.45) is 0 Å². The summed E-state index contributed by atoms with van der Waals surface area (Å²) < 4.78 is 10.3. The van der Waals surface area contributed by atoms with E-state index in [1.165, 1.54) is 24.3 Å². The van der Waals surface area contributed by atoms with E-state index in [0.29, 0.717) is 22.8 Å². The summed E-state index contributed by atoms with van der Waals surface area (Å²) in [5.74, 6) is 0.534. The third-order valence-corrected chi connectivity index (χ3v) is 3.05. The molecule has 0 fully saturated rings. The number of rotatable bonds is 5. The predicted molar refractivity (Wildman–Crippen MR) is 87.4 cm³/mol. The second-order valence-corrected chi connectivity index (χ2v) is 4.95. The van der Waals surface area contributed by atoms with Crippen LogP contribution in [-0.2, 0) is 4.79 Å². The van der Waals surface area contributed by atoms with Gasteiger partial charge in [-0.2, -0.15) is 0 Å². The van der Waals surface area contributed by atoms with Gasteiger partial charge in [0.05, 0.1) is 19.1 Å². The van der Waals surface area contributed by atoms with Crippen LogP contribution in [0.2, 0.25) is 0 Å². The van der Waals surface area contributed by atoms with Gasteiger partial charge in [-0.1, -0.05) is 0 Å². The van der Waals surface area contributed by atoms with Crippen LogP contribution in [0.15, 0.2) is 47.1 Å². The maximum absolute atomic E-state index is 12.0. The number of anilines is 1. The van der Waals surface area contributed by atoms with Crippen LogP contribution in [0.5, 0.6) is 5.75 Å². The van der Waals surface area contributed by atoms with E-state index in [1.807, 2.05) is 0 Å². The Kier molecular flexibility index (Phi) is 5.19. The highest BCUT2D eigenvalue weighted by molar-refractivity contribution is 6.04. The summed E-state index contributed by atoms with van der Waals surface area (Å²) in [6.45, 7) is 0. The molecule has 1 aromatic carbocycles. The first-order valence-electron chi connectivity index (χ1n) is 6.93. The van der Waals surface area contributed by atoms with E-state index in [2.05, 4.69) is 5.32 Å². The molecule has 0 aliphatic carbocycles. The van der Waals surface area contributed by atoms with Crippen LogP contribution in [0.4, 0.5) is 5.69 Å². The molecular weight excluding hydrogens is 296 g/mol. The Morgan fingerprint density at radius 3 is 2.65 bits per heavy atom. The summed E-state index contributed by atoms with van der Waals surface area (Å²) in [6.07, 6.45) is 4.42. The lowest BCUT2D eigenvalue weighted by molar-refractivity contribution is -0.111. The highest BCUT2D eigenvalue weighted by Gasteiger charge is 2.13. The summed E-state index contributed by atoms with van der Waals surface area (Å²) >= 11 is 0. The average Bonchev–Trinajstić information content (AvgIpc) is 3.05. The lowest BCUT2D eigenvalue weighted by Gasteiger charge is -2.13. The molecule has 0 atom stereocenters. The number of hydrogen-bond acceptors (Lipinski definition) is 4. The molecule has 2 rings (SSSR count). The number of methoxy groups -OCH3 is 1. The summed E-state index contributed by atoms with van der Waals surface area (Å²) in [5, 5.41) is 2.69. The minimum Gasteiger partial charge on any atom is -0.495 e. The molecule has 1 heterocycles. The number of benzene rings is 1. The topological polar surface area (TPSA) is 71.8 Å². The van der Waals surface area contributed by atoms with Gasteiger partial charge in [-0.15, -0.1) is 0 Å². The van der Waals surface area contributed by atoms with Gasteiger partial charge in [0.1, 0.15) is 11.5 Å².